The molecule has 2 heterocycles. The van der Waals surface area contributed by atoms with Gasteiger partial charge in [-0.3, -0.25) is 9.59 Å². The third-order valence-corrected chi connectivity index (χ3v) is 4.41. The van der Waals surface area contributed by atoms with Crippen LogP contribution in [0.15, 0.2) is 24.3 Å². The number of nitrogens with one attached hydrogen (secondary N) is 2. The highest BCUT2D eigenvalue weighted by Crippen LogP contribution is 2.28. The van der Waals surface area contributed by atoms with E-state index >= 15 is 0 Å². The van der Waals surface area contributed by atoms with Gasteiger partial charge in [0.15, 0.2) is 0 Å². The molecule has 0 radical (unpaired) electrons. The fraction of sp³-hybridized carbons (Fsp3) is 0.500. The Morgan fingerprint density at radius 3 is 2.86 bits per heavy atom. The Kier molecular flexibility index (Phi) is 5.08. The molecule has 1 aromatic carbocycles. The van der Waals surface area contributed by atoms with Gasteiger partial charge in [0, 0.05) is 30.9 Å². The van der Waals surface area contributed by atoms with Crippen LogP contribution in [0.25, 0.3) is 0 Å². The average molecular weight is 324 g/mol. The molecule has 2 saturated heterocycles. The fourth-order valence-electron chi connectivity index (χ4n) is 2.97. The standard InChI is InChI=1S/C16H21N3O2.ClH/c1-16(7-8-17-11-16)15(21)18-12-4-2-5-13(10-12)19-9-3-6-14(19)20;/h2,4-5,10,17H,3,6-9,11H2,1H3,(H,18,21);1H. The molecule has 22 heavy (non-hydrogen) atoms. The third-order valence-electron chi connectivity index (χ3n) is 4.41. The molecule has 0 spiro atoms. The van der Waals surface area contributed by atoms with E-state index in [4.69, 9.17) is 0 Å². The number of nitrogens with zero attached hydrogens (tertiary/aromatic N) is 1. The zero-order valence-electron chi connectivity index (χ0n) is 12.7. The topological polar surface area (TPSA) is 61.4 Å². The number of anilines is 2. The van der Waals surface area contributed by atoms with Gasteiger partial charge in [0.05, 0.1) is 5.41 Å². The number of rotatable bonds is 3. The number of hydrogen-bond acceptors (Lipinski definition) is 3. The quantitative estimate of drug-likeness (QED) is 0.896. The molecule has 0 aromatic heterocycles. The summed E-state index contributed by atoms with van der Waals surface area (Å²) in [6.45, 7) is 4.34. The molecular weight excluding hydrogens is 302 g/mol. The van der Waals surface area contributed by atoms with E-state index in [0.29, 0.717) is 13.0 Å². The summed E-state index contributed by atoms with van der Waals surface area (Å²) in [4.78, 5) is 26.0. The first-order valence-electron chi connectivity index (χ1n) is 7.51. The zero-order chi connectivity index (χ0) is 14.9. The van der Waals surface area contributed by atoms with Crippen LogP contribution in [0, 0.1) is 5.41 Å². The Balaban J connectivity index is 0.00000176. The van der Waals surface area contributed by atoms with E-state index in [2.05, 4.69) is 10.6 Å². The van der Waals surface area contributed by atoms with E-state index in [1.165, 1.54) is 0 Å². The fourth-order valence-corrected chi connectivity index (χ4v) is 2.97. The Labute approximate surface area is 136 Å². The maximum absolute atomic E-state index is 12.4. The summed E-state index contributed by atoms with van der Waals surface area (Å²) in [7, 11) is 0. The molecule has 2 aliphatic rings. The van der Waals surface area contributed by atoms with Crippen molar-refractivity contribution < 1.29 is 9.59 Å². The number of carbonyl (C=O) groups is 2. The van der Waals surface area contributed by atoms with Gasteiger partial charge in [-0.25, -0.2) is 0 Å². The summed E-state index contributed by atoms with van der Waals surface area (Å²) in [5, 5.41) is 6.21. The average Bonchev–Trinajstić information content (AvgIpc) is 3.09. The summed E-state index contributed by atoms with van der Waals surface area (Å²) in [5.41, 5.74) is 1.27. The van der Waals surface area contributed by atoms with Crippen LogP contribution in [0.2, 0.25) is 0 Å². The lowest BCUT2D eigenvalue weighted by atomic mass is 9.89. The van der Waals surface area contributed by atoms with Gasteiger partial charge in [0.2, 0.25) is 11.8 Å². The number of carbonyl (C=O) groups excluding carboxylic acids is 2. The van der Waals surface area contributed by atoms with Crippen LogP contribution < -0.4 is 15.5 Å². The molecule has 0 bridgehead atoms. The molecule has 3 rings (SSSR count). The lowest BCUT2D eigenvalue weighted by Gasteiger charge is -2.22. The van der Waals surface area contributed by atoms with E-state index in [1.54, 1.807) is 4.90 Å². The summed E-state index contributed by atoms with van der Waals surface area (Å²) in [6, 6.07) is 7.55. The van der Waals surface area contributed by atoms with E-state index in [1.807, 2.05) is 31.2 Å². The first-order valence-corrected chi connectivity index (χ1v) is 7.51. The lowest BCUT2D eigenvalue weighted by molar-refractivity contribution is -0.123. The second kappa shape index (κ2) is 6.67. The van der Waals surface area contributed by atoms with Gasteiger partial charge >= 0.3 is 0 Å². The van der Waals surface area contributed by atoms with Crippen molar-refractivity contribution in [2.24, 2.45) is 5.41 Å². The van der Waals surface area contributed by atoms with Gasteiger partial charge in [-0.15, -0.1) is 12.4 Å². The highest BCUT2D eigenvalue weighted by Gasteiger charge is 2.36. The predicted octanol–water partition coefficient (Wildman–Crippen LogP) is 2.17. The Morgan fingerprint density at radius 1 is 1.41 bits per heavy atom. The van der Waals surface area contributed by atoms with Crippen molar-refractivity contribution in [3.63, 3.8) is 0 Å². The Hall–Kier alpha value is -1.59. The first-order chi connectivity index (χ1) is 10.1. The van der Waals surface area contributed by atoms with Crippen LogP contribution in [-0.2, 0) is 9.59 Å². The van der Waals surface area contributed by atoms with Gasteiger partial charge in [0.1, 0.15) is 0 Å². The van der Waals surface area contributed by atoms with Gasteiger partial charge in [-0.1, -0.05) is 6.07 Å². The van der Waals surface area contributed by atoms with Crippen molar-refractivity contribution in [1.82, 2.24) is 5.32 Å². The van der Waals surface area contributed by atoms with Gasteiger partial charge in [0.25, 0.3) is 0 Å². The summed E-state index contributed by atoms with van der Waals surface area (Å²) >= 11 is 0. The van der Waals surface area contributed by atoms with Crippen LogP contribution in [-0.4, -0.2) is 31.4 Å². The number of hydrogen-bond donors (Lipinski definition) is 2. The SMILES string of the molecule is CC1(C(=O)Nc2cccc(N3CCCC3=O)c2)CCNC1.Cl. The Morgan fingerprint density at radius 2 is 2.23 bits per heavy atom. The monoisotopic (exact) mass is 323 g/mol. The molecule has 2 aliphatic heterocycles. The maximum atomic E-state index is 12.4. The minimum atomic E-state index is -0.348. The molecule has 1 unspecified atom stereocenters. The number of halogens is 1. The smallest absolute Gasteiger partial charge is 0.231 e. The predicted molar refractivity (Wildman–Crippen MR) is 89.5 cm³/mol. The van der Waals surface area contributed by atoms with Crippen molar-refractivity contribution >= 4 is 35.6 Å². The maximum Gasteiger partial charge on any atom is 0.231 e. The number of amides is 2. The van der Waals surface area contributed by atoms with Crippen molar-refractivity contribution in [2.45, 2.75) is 26.2 Å². The molecule has 5 nitrogen and oxygen atoms in total. The minimum Gasteiger partial charge on any atom is -0.326 e. The highest BCUT2D eigenvalue weighted by molar-refractivity contribution is 5.98. The van der Waals surface area contributed by atoms with E-state index in [9.17, 15) is 9.59 Å². The third kappa shape index (κ3) is 3.25. The van der Waals surface area contributed by atoms with Gasteiger partial charge in [-0.2, -0.15) is 0 Å². The van der Waals surface area contributed by atoms with Crippen molar-refractivity contribution in [2.75, 3.05) is 29.9 Å². The molecule has 2 amide bonds. The van der Waals surface area contributed by atoms with Crippen LogP contribution in [0.1, 0.15) is 26.2 Å². The van der Waals surface area contributed by atoms with Gasteiger partial charge < -0.3 is 15.5 Å². The second-order valence-electron chi connectivity index (χ2n) is 6.14. The van der Waals surface area contributed by atoms with Gasteiger partial charge in [-0.05, 0) is 44.5 Å². The van der Waals surface area contributed by atoms with Crippen LogP contribution >= 0.6 is 12.4 Å². The first kappa shape index (κ1) is 16.8. The largest absolute Gasteiger partial charge is 0.326 e. The van der Waals surface area contributed by atoms with E-state index in [-0.39, 0.29) is 29.6 Å². The molecule has 1 aromatic rings. The molecular formula is C16H22ClN3O2. The van der Waals surface area contributed by atoms with Crippen molar-refractivity contribution in [3.8, 4) is 0 Å². The normalized spacial score (nSPS) is 24.2. The van der Waals surface area contributed by atoms with Crippen molar-refractivity contribution in [3.05, 3.63) is 24.3 Å². The van der Waals surface area contributed by atoms with E-state index in [0.717, 1.165) is 37.3 Å². The van der Waals surface area contributed by atoms with Crippen LogP contribution in [0.3, 0.4) is 0 Å². The molecule has 2 N–H and O–H groups in total. The second-order valence-corrected chi connectivity index (χ2v) is 6.14. The molecule has 120 valence electrons. The molecule has 0 saturated carbocycles. The molecule has 2 fully saturated rings. The van der Waals surface area contributed by atoms with Crippen molar-refractivity contribution in [1.29, 1.82) is 0 Å². The highest BCUT2D eigenvalue weighted by atomic mass is 35.5. The summed E-state index contributed by atoms with van der Waals surface area (Å²) < 4.78 is 0. The molecule has 6 heteroatoms. The lowest BCUT2D eigenvalue weighted by Crippen LogP contribution is -2.35. The minimum absolute atomic E-state index is 0. The summed E-state index contributed by atoms with van der Waals surface area (Å²) in [5.74, 6) is 0.197. The molecule has 0 aliphatic carbocycles. The van der Waals surface area contributed by atoms with E-state index < -0.39 is 0 Å². The zero-order valence-corrected chi connectivity index (χ0v) is 13.5. The number of benzene rings is 1. The van der Waals surface area contributed by atoms with Crippen LogP contribution in [0.5, 0.6) is 0 Å². The van der Waals surface area contributed by atoms with Crippen LogP contribution in [0.4, 0.5) is 11.4 Å². The summed E-state index contributed by atoms with van der Waals surface area (Å²) in [6.07, 6.45) is 2.36. The molecule has 1 atom stereocenters. The Bertz CT molecular complexity index is 570.